The zero-order valence-corrected chi connectivity index (χ0v) is 11.5. The van der Waals surface area contributed by atoms with Crippen molar-refractivity contribution >= 4 is 11.6 Å². The average molecular weight is 261 g/mol. The van der Waals surface area contributed by atoms with E-state index in [1.54, 1.807) is 0 Å². The Bertz CT molecular complexity index is 537. The van der Waals surface area contributed by atoms with Crippen LogP contribution in [0.2, 0.25) is 5.02 Å². The van der Waals surface area contributed by atoms with E-state index in [0.717, 1.165) is 23.0 Å². The first kappa shape index (κ1) is 13.0. The maximum absolute atomic E-state index is 5.94. The molecule has 0 bridgehead atoms. The number of allylic oxidation sites excluding steroid dienone is 1. The smallest absolute Gasteiger partial charge is 0.104 e. The maximum atomic E-state index is 5.94. The van der Waals surface area contributed by atoms with Gasteiger partial charge < -0.3 is 4.42 Å². The molecule has 1 heterocycles. The number of hydrogen-bond acceptors (Lipinski definition) is 1. The Morgan fingerprint density at radius 1 is 1.28 bits per heavy atom. The molecule has 2 aromatic rings. The van der Waals surface area contributed by atoms with Crippen molar-refractivity contribution in [1.29, 1.82) is 0 Å². The predicted octanol–water partition coefficient (Wildman–Crippen LogP) is 5.26. The van der Waals surface area contributed by atoms with E-state index in [9.17, 15) is 0 Å². The third-order valence-corrected chi connectivity index (χ3v) is 3.38. The highest BCUT2D eigenvalue weighted by molar-refractivity contribution is 6.30. The van der Waals surface area contributed by atoms with Crippen LogP contribution in [0, 0.1) is 13.8 Å². The molecule has 1 unspecified atom stereocenters. The fourth-order valence-electron chi connectivity index (χ4n) is 2.30. The van der Waals surface area contributed by atoms with E-state index in [1.807, 2.05) is 32.1 Å². The lowest BCUT2D eigenvalue weighted by Crippen LogP contribution is -2.00. The molecule has 1 atom stereocenters. The van der Waals surface area contributed by atoms with Crippen LogP contribution < -0.4 is 0 Å². The molecule has 0 saturated carbocycles. The highest BCUT2D eigenvalue weighted by atomic mass is 35.5. The molecule has 94 valence electrons. The van der Waals surface area contributed by atoms with Crippen LogP contribution in [0.1, 0.15) is 35.0 Å². The van der Waals surface area contributed by atoms with Crippen LogP contribution in [-0.2, 0) is 0 Å². The van der Waals surface area contributed by atoms with Crippen LogP contribution in [0.15, 0.2) is 47.4 Å². The van der Waals surface area contributed by atoms with E-state index in [1.165, 1.54) is 11.1 Å². The van der Waals surface area contributed by atoms with Crippen LogP contribution in [0.25, 0.3) is 0 Å². The third kappa shape index (κ3) is 2.68. The van der Waals surface area contributed by atoms with E-state index in [2.05, 4.69) is 24.8 Å². The molecule has 2 heteroatoms. The number of halogens is 1. The standard InChI is InChI=1S/C16H17ClO/c1-4-5-15(13-6-8-14(17)9-7-13)16-10-11(2)18-12(16)3/h4,6-10,15H,1,5H2,2-3H3. The first-order chi connectivity index (χ1) is 8.61. The first-order valence-corrected chi connectivity index (χ1v) is 6.43. The molecule has 0 saturated heterocycles. The molecule has 0 aliphatic rings. The van der Waals surface area contributed by atoms with E-state index in [4.69, 9.17) is 16.0 Å². The lowest BCUT2D eigenvalue weighted by molar-refractivity contribution is 0.499. The molecule has 0 N–H and O–H groups in total. The molecule has 0 amide bonds. The van der Waals surface area contributed by atoms with Crippen molar-refractivity contribution in [3.63, 3.8) is 0 Å². The minimum atomic E-state index is 0.289. The first-order valence-electron chi connectivity index (χ1n) is 6.05. The van der Waals surface area contributed by atoms with Gasteiger partial charge in [-0.15, -0.1) is 6.58 Å². The second-order valence-corrected chi connectivity index (χ2v) is 4.93. The van der Waals surface area contributed by atoms with Crippen LogP contribution in [0.4, 0.5) is 0 Å². The Balaban J connectivity index is 2.42. The molecule has 0 spiro atoms. The van der Waals surface area contributed by atoms with Crippen molar-refractivity contribution in [2.75, 3.05) is 0 Å². The largest absolute Gasteiger partial charge is 0.466 e. The lowest BCUT2D eigenvalue weighted by atomic mass is 9.88. The summed E-state index contributed by atoms with van der Waals surface area (Å²) in [5.41, 5.74) is 2.47. The zero-order chi connectivity index (χ0) is 13.1. The number of benzene rings is 1. The summed E-state index contributed by atoms with van der Waals surface area (Å²) in [6.45, 7) is 7.83. The van der Waals surface area contributed by atoms with Crippen molar-refractivity contribution in [2.45, 2.75) is 26.2 Å². The third-order valence-electron chi connectivity index (χ3n) is 3.13. The van der Waals surface area contributed by atoms with E-state index in [-0.39, 0.29) is 5.92 Å². The summed E-state index contributed by atoms with van der Waals surface area (Å²) in [5.74, 6) is 2.22. The van der Waals surface area contributed by atoms with Gasteiger partial charge in [0.15, 0.2) is 0 Å². The molecule has 18 heavy (non-hydrogen) atoms. The molecule has 0 aliphatic heterocycles. The van der Waals surface area contributed by atoms with Gasteiger partial charge in [-0.25, -0.2) is 0 Å². The number of aryl methyl sites for hydroxylation is 2. The van der Waals surface area contributed by atoms with Crippen LogP contribution >= 0.6 is 11.6 Å². The molecular formula is C16H17ClO. The molecular weight excluding hydrogens is 244 g/mol. The van der Waals surface area contributed by atoms with E-state index < -0.39 is 0 Å². The fraction of sp³-hybridized carbons (Fsp3) is 0.250. The van der Waals surface area contributed by atoms with Gasteiger partial charge >= 0.3 is 0 Å². The number of rotatable bonds is 4. The minimum absolute atomic E-state index is 0.289. The van der Waals surface area contributed by atoms with Crippen molar-refractivity contribution in [1.82, 2.24) is 0 Å². The second-order valence-electron chi connectivity index (χ2n) is 4.50. The van der Waals surface area contributed by atoms with Crippen LogP contribution in [0.3, 0.4) is 0 Å². The van der Waals surface area contributed by atoms with Crippen molar-refractivity contribution in [3.8, 4) is 0 Å². The van der Waals surface area contributed by atoms with Gasteiger partial charge in [0.1, 0.15) is 11.5 Å². The molecule has 0 fully saturated rings. The molecule has 1 aromatic heterocycles. The maximum Gasteiger partial charge on any atom is 0.104 e. The van der Waals surface area contributed by atoms with Crippen LogP contribution in [0.5, 0.6) is 0 Å². The van der Waals surface area contributed by atoms with Gasteiger partial charge in [0.05, 0.1) is 0 Å². The van der Waals surface area contributed by atoms with Gasteiger partial charge in [0.2, 0.25) is 0 Å². The van der Waals surface area contributed by atoms with Gasteiger partial charge in [-0.05, 0) is 44.0 Å². The Morgan fingerprint density at radius 3 is 2.44 bits per heavy atom. The number of hydrogen-bond donors (Lipinski definition) is 0. The zero-order valence-electron chi connectivity index (χ0n) is 10.7. The number of furan rings is 1. The van der Waals surface area contributed by atoms with Gasteiger partial charge in [-0.3, -0.25) is 0 Å². The molecule has 2 rings (SSSR count). The van der Waals surface area contributed by atoms with Gasteiger partial charge in [0.25, 0.3) is 0 Å². The average Bonchev–Trinajstić information content (AvgIpc) is 2.67. The summed E-state index contributed by atoms with van der Waals surface area (Å²) in [6, 6.07) is 10.1. The topological polar surface area (TPSA) is 13.1 Å². The monoisotopic (exact) mass is 260 g/mol. The Morgan fingerprint density at radius 2 is 1.94 bits per heavy atom. The summed E-state index contributed by atoms with van der Waals surface area (Å²) in [5, 5.41) is 0.760. The van der Waals surface area contributed by atoms with E-state index >= 15 is 0 Å². The fourth-order valence-corrected chi connectivity index (χ4v) is 2.43. The summed E-state index contributed by atoms with van der Waals surface area (Å²) >= 11 is 5.94. The van der Waals surface area contributed by atoms with Crippen molar-refractivity contribution in [3.05, 3.63) is 70.7 Å². The predicted molar refractivity (Wildman–Crippen MR) is 76.3 cm³/mol. The second kappa shape index (κ2) is 5.45. The van der Waals surface area contributed by atoms with Crippen molar-refractivity contribution in [2.24, 2.45) is 0 Å². The summed E-state index contributed by atoms with van der Waals surface area (Å²) < 4.78 is 5.63. The molecule has 0 aliphatic carbocycles. The van der Waals surface area contributed by atoms with E-state index in [0.29, 0.717) is 0 Å². The lowest BCUT2D eigenvalue weighted by Gasteiger charge is -2.15. The van der Waals surface area contributed by atoms with Gasteiger partial charge in [-0.1, -0.05) is 29.8 Å². The Kier molecular flexibility index (Phi) is 3.93. The minimum Gasteiger partial charge on any atom is -0.466 e. The van der Waals surface area contributed by atoms with Crippen LogP contribution in [-0.4, -0.2) is 0 Å². The van der Waals surface area contributed by atoms with Gasteiger partial charge in [0, 0.05) is 16.5 Å². The summed E-state index contributed by atoms with van der Waals surface area (Å²) in [6.07, 6.45) is 2.84. The highest BCUT2D eigenvalue weighted by Crippen LogP contribution is 2.32. The molecule has 1 nitrogen and oxygen atoms in total. The quantitative estimate of drug-likeness (QED) is 0.684. The molecule has 0 radical (unpaired) electrons. The Hall–Kier alpha value is -1.47. The summed E-state index contributed by atoms with van der Waals surface area (Å²) in [7, 11) is 0. The SMILES string of the molecule is C=CCC(c1ccc(Cl)cc1)c1cc(C)oc1C. The highest BCUT2D eigenvalue weighted by Gasteiger charge is 2.17. The normalized spacial score (nSPS) is 12.4. The van der Waals surface area contributed by atoms with Gasteiger partial charge in [-0.2, -0.15) is 0 Å². The summed E-state index contributed by atoms with van der Waals surface area (Å²) in [4.78, 5) is 0. The molecule has 1 aromatic carbocycles. The van der Waals surface area contributed by atoms with Crippen molar-refractivity contribution < 1.29 is 4.42 Å². The Labute approximate surface area is 113 Å².